The van der Waals surface area contributed by atoms with Crippen LogP contribution in [0.15, 0.2) is 87.9 Å². The third-order valence-corrected chi connectivity index (χ3v) is 7.57. The third-order valence-electron chi connectivity index (χ3n) is 6.56. The fourth-order valence-electron chi connectivity index (χ4n) is 4.69. The summed E-state index contributed by atoms with van der Waals surface area (Å²) < 4.78 is 20.6. The summed E-state index contributed by atoms with van der Waals surface area (Å²) in [4.78, 5) is 19.4. The summed E-state index contributed by atoms with van der Waals surface area (Å²) in [6, 6.07) is 21.1. The van der Waals surface area contributed by atoms with E-state index in [4.69, 9.17) is 16.6 Å². The van der Waals surface area contributed by atoms with Gasteiger partial charge >= 0.3 is 0 Å². The molecule has 9 heteroatoms. The van der Waals surface area contributed by atoms with E-state index in [1.54, 1.807) is 12.3 Å². The molecule has 0 spiro atoms. The number of halogens is 2. The predicted octanol–water partition coefficient (Wildman–Crippen LogP) is 6.81. The molecule has 6 nitrogen and oxygen atoms in total. The van der Waals surface area contributed by atoms with E-state index in [1.165, 1.54) is 12.1 Å². The maximum atomic E-state index is 13.6. The molecule has 0 bridgehead atoms. The second-order valence-corrected chi connectivity index (χ2v) is 10.2. The summed E-state index contributed by atoms with van der Waals surface area (Å²) in [5.74, 6) is 0.831. The number of nitrogens with zero attached hydrogens (tertiary/aromatic N) is 2. The molecule has 2 N–H and O–H groups in total. The first kappa shape index (κ1) is 26.1. The number of carbonyl (C=O) groups is 1. The minimum Gasteiger partial charge on any atom is -0.459 e. The van der Waals surface area contributed by atoms with E-state index in [0.717, 1.165) is 28.9 Å². The van der Waals surface area contributed by atoms with Crippen LogP contribution in [0.2, 0.25) is 0 Å². The van der Waals surface area contributed by atoms with Gasteiger partial charge in [0.25, 0.3) is 0 Å². The van der Waals surface area contributed by atoms with Crippen LogP contribution in [0.1, 0.15) is 42.4 Å². The molecule has 2 atom stereocenters. The highest BCUT2D eigenvalue weighted by Crippen LogP contribution is 2.41. The van der Waals surface area contributed by atoms with Gasteiger partial charge in [-0.1, -0.05) is 31.2 Å². The quantitative estimate of drug-likeness (QED) is 0.219. The lowest BCUT2D eigenvalue weighted by atomic mass is 10.0. The van der Waals surface area contributed by atoms with Gasteiger partial charge in [0.1, 0.15) is 23.4 Å². The number of amides is 1. The number of thiocarbonyl (C=S) groups is 1. The van der Waals surface area contributed by atoms with Gasteiger partial charge in [0.15, 0.2) is 5.11 Å². The fourth-order valence-corrected chi connectivity index (χ4v) is 5.56. The molecule has 1 amide bonds. The number of hydrogen-bond donors (Lipinski definition) is 2. The van der Waals surface area contributed by atoms with E-state index in [2.05, 4.69) is 38.5 Å². The Labute approximate surface area is 234 Å². The van der Waals surface area contributed by atoms with Crippen LogP contribution in [0.5, 0.6) is 0 Å². The molecule has 0 saturated carbocycles. The Hall–Kier alpha value is -3.56. The largest absolute Gasteiger partial charge is 0.459 e. The van der Waals surface area contributed by atoms with Crippen LogP contribution in [-0.4, -0.2) is 27.4 Å². The molecule has 2 aromatic heterocycles. The third kappa shape index (κ3) is 5.49. The van der Waals surface area contributed by atoms with Crippen molar-refractivity contribution in [1.82, 2.24) is 15.2 Å². The number of nitrogens with one attached hydrogen (secondary N) is 2. The van der Waals surface area contributed by atoms with Crippen LogP contribution in [0.25, 0.3) is 11.3 Å². The molecule has 1 aliphatic rings. The van der Waals surface area contributed by atoms with Gasteiger partial charge in [-0.3, -0.25) is 9.78 Å². The number of aromatic nitrogens is 1. The van der Waals surface area contributed by atoms with Crippen LogP contribution in [0.3, 0.4) is 0 Å². The number of pyridine rings is 1. The number of benzene rings is 2. The van der Waals surface area contributed by atoms with E-state index in [0.29, 0.717) is 27.7 Å². The summed E-state index contributed by atoms with van der Waals surface area (Å²) in [5, 5.41) is 6.93. The van der Waals surface area contributed by atoms with E-state index < -0.39 is 0 Å². The number of anilines is 1. The van der Waals surface area contributed by atoms with E-state index >= 15 is 0 Å². The average molecular weight is 594 g/mol. The zero-order valence-corrected chi connectivity index (χ0v) is 23.1. The maximum Gasteiger partial charge on any atom is 0.226 e. The SMILES string of the molecule is CCc1ccccc1NC(=O)CCN1C(=S)N[C@H](c2ccccn2)[C@@H]1c1ccc(-c2ccc(F)cc2Br)o1. The lowest BCUT2D eigenvalue weighted by molar-refractivity contribution is -0.116. The van der Waals surface area contributed by atoms with Crippen molar-refractivity contribution in [3.8, 4) is 11.3 Å². The van der Waals surface area contributed by atoms with Crippen LogP contribution in [0, 0.1) is 5.82 Å². The highest BCUT2D eigenvalue weighted by molar-refractivity contribution is 9.10. The Balaban J connectivity index is 1.41. The first-order valence-corrected chi connectivity index (χ1v) is 13.6. The molecule has 194 valence electrons. The molecule has 5 rings (SSSR count). The predicted molar refractivity (Wildman–Crippen MR) is 153 cm³/mol. The lowest BCUT2D eigenvalue weighted by Crippen LogP contribution is -2.32. The van der Waals surface area contributed by atoms with Crippen LogP contribution >= 0.6 is 28.1 Å². The van der Waals surface area contributed by atoms with Gasteiger partial charge in [-0.15, -0.1) is 0 Å². The molecule has 0 unspecified atom stereocenters. The van der Waals surface area contributed by atoms with Crippen molar-refractivity contribution in [2.24, 2.45) is 0 Å². The van der Waals surface area contributed by atoms with E-state index in [1.807, 2.05) is 59.5 Å². The van der Waals surface area contributed by atoms with Gasteiger partial charge in [-0.25, -0.2) is 4.39 Å². The minimum absolute atomic E-state index is 0.0934. The van der Waals surface area contributed by atoms with E-state index in [-0.39, 0.29) is 30.2 Å². The number of para-hydroxylation sites is 1. The molecule has 0 radical (unpaired) electrons. The number of carbonyl (C=O) groups excluding carboxylic acids is 1. The summed E-state index contributed by atoms with van der Waals surface area (Å²) in [6.07, 6.45) is 2.80. The van der Waals surface area contributed by atoms with Crippen molar-refractivity contribution in [2.75, 3.05) is 11.9 Å². The number of hydrogen-bond acceptors (Lipinski definition) is 4. The number of furan rings is 1. The monoisotopic (exact) mass is 592 g/mol. The Morgan fingerprint density at radius 1 is 1.16 bits per heavy atom. The standard InChI is InChI=1S/C29H26BrFN4O2S/c1-2-18-7-3-4-8-22(18)33-26(36)14-16-35-28(27(34-29(35)38)23-9-5-6-15-32-23)25-13-12-24(37-25)20-11-10-19(31)17-21(20)30/h3-13,15,17,27-28H,2,14,16H2,1H3,(H,33,36)(H,34,38)/t27-,28+/m1/s1. The highest BCUT2D eigenvalue weighted by Gasteiger charge is 2.41. The van der Waals surface area contributed by atoms with Gasteiger partial charge in [0, 0.05) is 34.9 Å². The summed E-state index contributed by atoms with van der Waals surface area (Å²) >= 11 is 9.14. The van der Waals surface area contributed by atoms with Gasteiger partial charge in [0.2, 0.25) is 5.91 Å². The molecular formula is C29H26BrFN4O2S. The minimum atomic E-state index is -0.334. The van der Waals surface area contributed by atoms with E-state index in [9.17, 15) is 9.18 Å². The Morgan fingerprint density at radius 3 is 2.74 bits per heavy atom. The first-order valence-electron chi connectivity index (χ1n) is 12.4. The molecule has 3 heterocycles. The molecule has 0 aliphatic carbocycles. The molecule has 1 saturated heterocycles. The van der Waals surface area contributed by atoms with Crippen molar-refractivity contribution in [2.45, 2.75) is 31.8 Å². The van der Waals surface area contributed by atoms with Gasteiger partial charge in [0.05, 0.1) is 11.7 Å². The van der Waals surface area contributed by atoms with Gasteiger partial charge in [-0.05, 0) is 88.7 Å². The van der Waals surface area contributed by atoms with Gasteiger partial charge in [-0.2, -0.15) is 0 Å². The molecule has 4 aromatic rings. The molecular weight excluding hydrogens is 567 g/mol. The van der Waals surface area contributed by atoms with Gasteiger partial charge < -0.3 is 20.0 Å². The molecule has 1 aliphatic heterocycles. The second kappa shape index (κ2) is 11.4. The molecule has 2 aromatic carbocycles. The lowest BCUT2D eigenvalue weighted by Gasteiger charge is -2.26. The zero-order chi connectivity index (χ0) is 26.6. The first-order chi connectivity index (χ1) is 18.4. The summed E-state index contributed by atoms with van der Waals surface area (Å²) in [5.41, 5.74) is 3.46. The van der Waals surface area contributed by atoms with Crippen LogP contribution in [0.4, 0.5) is 10.1 Å². The topological polar surface area (TPSA) is 70.4 Å². The molecule has 1 fully saturated rings. The van der Waals surface area contributed by atoms with Crippen molar-refractivity contribution in [3.63, 3.8) is 0 Å². The van der Waals surface area contributed by atoms with Crippen LogP contribution in [-0.2, 0) is 11.2 Å². The summed E-state index contributed by atoms with van der Waals surface area (Å²) in [6.45, 7) is 2.44. The molecule has 38 heavy (non-hydrogen) atoms. The van der Waals surface area contributed by atoms with Crippen LogP contribution < -0.4 is 10.6 Å². The Morgan fingerprint density at radius 2 is 1.97 bits per heavy atom. The van der Waals surface area contributed by atoms with Crippen molar-refractivity contribution >= 4 is 44.9 Å². The maximum absolute atomic E-state index is 13.6. The highest BCUT2D eigenvalue weighted by atomic mass is 79.9. The van der Waals surface area contributed by atoms with Crippen molar-refractivity contribution in [1.29, 1.82) is 0 Å². The van der Waals surface area contributed by atoms with Crippen molar-refractivity contribution in [3.05, 3.63) is 106 Å². The fraction of sp³-hybridized carbons (Fsp3) is 0.207. The Kier molecular flexibility index (Phi) is 7.85. The second-order valence-electron chi connectivity index (χ2n) is 8.96. The zero-order valence-electron chi connectivity index (χ0n) is 20.7. The number of rotatable bonds is 8. The number of aryl methyl sites for hydroxylation is 1. The summed E-state index contributed by atoms with van der Waals surface area (Å²) in [7, 11) is 0. The Bertz CT molecular complexity index is 1460. The average Bonchev–Trinajstić information content (AvgIpc) is 3.52. The smallest absolute Gasteiger partial charge is 0.226 e. The normalized spacial score (nSPS) is 16.9. The van der Waals surface area contributed by atoms with Crippen molar-refractivity contribution < 1.29 is 13.6 Å².